The van der Waals surface area contributed by atoms with Crippen LogP contribution < -0.4 is 15.4 Å². The molecule has 0 aromatic heterocycles. The van der Waals surface area contributed by atoms with Gasteiger partial charge in [0, 0.05) is 5.69 Å². The number of benzene rings is 2. The van der Waals surface area contributed by atoms with E-state index in [1.807, 2.05) is 38.1 Å². The molecule has 0 aliphatic rings. The molecule has 2 rings (SSSR count). The Morgan fingerprint density at radius 1 is 1.23 bits per heavy atom. The topological polar surface area (TPSA) is 59.6 Å². The van der Waals surface area contributed by atoms with Gasteiger partial charge in [-0.05, 0) is 56.4 Å². The molecule has 0 saturated carbocycles. The predicted molar refractivity (Wildman–Crippen MR) is 108 cm³/mol. The molecule has 0 saturated heterocycles. The highest BCUT2D eigenvalue weighted by molar-refractivity contribution is 7.80. The minimum absolute atomic E-state index is 0.0105. The van der Waals surface area contributed by atoms with Crippen molar-refractivity contribution >= 4 is 40.6 Å². The summed E-state index contributed by atoms with van der Waals surface area (Å²) in [5.41, 5.74) is 2.10. The maximum atomic E-state index is 11.7. The largest absolute Gasteiger partial charge is 0.491 e. The first-order valence-electron chi connectivity index (χ1n) is 8.04. The lowest BCUT2D eigenvalue weighted by molar-refractivity contribution is 0.0601. The summed E-state index contributed by atoms with van der Waals surface area (Å²) in [6.07, 6.45) is 0. The number of aryl methyl sites for hydroxylation is 1. The van der Waals surface area contributed by atoms with Crippen LogP contribution in [-0.4, -0.2) is 30.8 Å². The van der Waals surface area contributed by atoms with E-state index in [1.54, 1.807) is 18.2 Å². The Balaban J connectivity index is 1.87. The molecule has 0 bridgehead atoms. The van der Waals surface area contributed by atoms with E-state index in [0.29, 0.717) is 22.4 Å². The third-order valence-corrected chi connectivity index (χ3v) is 4.08. The molecule has 0 unspecified atom stereocenters. The lowest BCUT2D eigenvalue weighted by Crippen LogP contribution is -2.39. The number of nitrogens with one attached hydrogen (secondary N) is 2. The van der Waals surface area contributed by atoms with Crippen molar-refractivity contribution < 1.29 is 14.3 Å². The van der Waals surface area contributed by atoms with E-state index < -0.39 is 5.97 Å². The normalized spacial score (nSPS) is 11.4. The molecule has 0 spiro atoms. The van der Waals surface area contributed by atoms with Crippen molar-refractivity contribution in [3.8, 4) is 5.75 Å². The average Bonchev–Trinajstić information content (AvgIpc) is 2.62. The molecular weight excluding hydrogens is 372 g/mol. The summed E-state index contributed by atoms with van der Waals surface area (Å²) in [6, 6.07) is 12.8. The highest BCUT2D eigenvalue weighted by Gasteiger charge is 2.12. The van der Waals surface area contributed by atoms with Crippen molar-refractivity contribution in [3.63, 3.8) is 0 Å². The molecule has 0 heterocycles. The van der Waals surface area contributed by atoms with Crippen LogP contribution in [0.2, 0.25) is 5.02 Å². The van der Waals surface area contributed by atoms with Crippen LogP contribution in [0.5, 0.6) is 5.75 Å². The summed E-state index contributed by atoms with van der Waals surface area (Å²) in [5.74, 6) is 0.306. The van der Waals surface area contributed by atoms with Gasteiger partial charge in [-0.1, -0.05) is 29.3 Å². The van der Waals surface area contributed by atoms with Crippen LogP contribution in [0.15, 0.2) is 42.5 Å². The molecular formula is C19H21ClN2O3S. The van der Waals surface area contributed by atoms with Gasteiger partial charge in [-0.2, -0.15) is 0 Å². The van der Waals surface area contributed by atoms with E-state index in [-0.39, 0.29) is 11.6 Å². The maximum absolute atomic E-state index is 11.7. The number of halogens is 1. The van der Waals surface area contributed by atoms with Crippen LogP contribution in [0.25, 0.3) is 0 Å². The average molecular weight is 393 g/mol. The van der Waals surface area contributed by atoms with E-state index in [1.165, 1.54) is 12.7 Å². The van der Waals surface area contributed by atoms with Crippen LogP contribution in [0.4, 0.5) is 5.69 Å². The molecule has 0 radical (unpaired) electrons. The number of thiocarbonyl (C=S) groups is 1. The molecule has 0 aliphatic carbocycles. The summed E-state index contributed by atoms with van der Waals surface area (Å²) in [7, 11) is 1.31. The lowest BCUT2D eigenvalue weighted by atomic mass is 10.2. The fraction of sp³-hybridized carbons (Fsp3) is 0.263. The number of hydrogen-bond acceptors (Lipinski definition) is 4. The third kappa shape index (κ3) is 5.89. The summed E-state index contributed by atoms with van der Waals surface area (Å²) in [5, 5.41) is 6.90. The Labute approximate surface area is 163 Å². The van der Waals surface area contributed by atoms with Gasteiger partial charge in [-0.3, -0.25) is 0 Å². The molecule has 0 amide bonds. The van der Waals surface area contributed by atoms with Gasteiger partial charge >= 0.3 is 5.97 Å². The van der Waals surface area contributed by atoms with E-state index in [4.69, 9.17) is 33.3 Å². The van der Waals surface area contributed by atoms with Gasteiger partial charge in [-0.15, -0.1) is 0 Å². The van der Waals surface area contributed by atoms with E-state index in [2.05, 4.69) is 10.6 Å². The first-order valence-corrected chi connectivity index (χ1v) is 8.82. The summed E-state index contributed by atoms with van der Waals surface area (Å²) in [6.45, 7) is 4.45. The minimum Gasteiger partial charge on any atom is -0.491 e. The van der Waals surface area contributed by atoms with Crippen LogP contribution in [-0.2, 0) is 4.74 Å². The molecule has 2 aromatic rings. The quantitative estimate of drug-likeness (QED) is 0.567. The Hall–Kier alpha value is -2.31. The van der Waals surface area contributed by atoms with Crippen molar-refractivity contribution in [2.75, 3.05) is 19.0 Å². The zero-order chi connectivity index (χ0) is 19.1. The number of ether oxygens (including phenoxy) is 2. The fourth-order valence-electron chi connectivity index (χ4n) is 2.16. The zero-order valence-corrected chi connectivity index (χ0v) is 16.4. The summed E-state index contributed by atoms with van der Waals surface area (Å²) < 4.78 is 10.4. The maximum Gasteiger partial charge on any atom is 0.339 e. The van der Waals surface area contributed by atoms with Gasteiger partial charge in [0.15, 0.2) is 5.11 Å². The molecule has 7 heteroatoms. The van der Waals surface area contributed by atoms with Crippen molar-refractivity contribution in [2.24, 2.45) is 0 Å². The van der Waals surface area contributed by atoms with Crippen molar-refractivity contribution in [1.29, 1.82) is 0 Å². The Bertz CT molecular complexity index is 781. The molecule has 2 aromatic carbocycles. The third-order valence-electron chi connectivity index (χ3n) is 3.53. The Morgan fingerprint density at radius 2 is 1.92 bits per heavy atom. The van der Waals surface area contributed by atoms with E-state index in [9.17, 15) is 4.79 Å². The Kier molecular flexibility index (Phi) is 7.24. The lowest BCUT2D eigenvalue weighted by Gasteiger charge is -2.18. The molecule has 5 nitrogen and oxygen atoms in total. The minimum atomic E-state index is -0.502. The van der Waals surface area contributed by atoms with Crippen molar-refractivity contribution in [2.45, 2.75) is 19.9 Å². The highest BCUT2D eigenvalue weighted by Crippen LogP contribution is 2.21. The van der Waals surface area contributed by atoms with Gasteiger partial charge in [0.1, 0.15) is 12.4 Å². The number of anilines is 1. The van der Waals surface area contributed by atoms with Crippen LogP contribution in [0.1, 0.15) is 22.8 Å². The smallest absolute Gasteiger partial charge is 0.339 e. The second-order valence-corrected chi connectivity index (χ2v) is 6.63. The zero-order valence-electron chi connectivity index (χ0n) is 14.8. The summed E-state index contributed by atoms with van der Waals surface area (Å²) >= 11 is 11.3. The van der Waals surface area contributed by atoms with Crippen molar-refractivity contribution in [1.82, 2.24) is 5.32 Å². The molecule has 138 valence electrons. The molecule has 0 aliphatic heterocycles. The van der Waals surface area contributed by atoms with E-state index in [0.717, 1.165) is 5.75 Å². The summed E-state index contributed by atoms with van der Waals surface area (Å²) in [4.78, 5) is 11.7. The SMILES string of the molecule is COC(=O)c1cc(NC(=S)N[C@@H](C)COc2ccc(C)cc2)ccc1Cl. The molecule has 26 heavy (non-hydrogen) atoms. The van der Waals surface area contributed by atoms with Gasteiger partial charge in [-0.25, -0.2) is 4.79 Å². The number of hydrogen-bond donors (Lipinski definition) is 2. The first-order chi connectivity index (χ1) is 12.4. The predicted octanol–water partition coefficient (Wildman–Crippen LogP) is 4.19. The fourth-order valence-corrected chi connectivity index (χ4v) is 2.67. The van der Waals surface area contributed by atoms with Gasteiger partial charge in [0.2, 0.25) is 0 Å². The number of carbonyl (C=O) groups excluding carboxylic acids is 1. The monoisotopic (exact) mass is 392 g/mol. The first kappa shape index (κ1) is 20.0. The number of rotatable bonds is 6. The molecule has 1 atom stereocenters. The van der Waals surface area contributed by atoms with Crippen LogP contribution >= 0.6 is 23.8 Å². The van der Waals surface area contributed by atoms with E-state index >= 15 is 0 Å². The van der Waals surface area contributed by atoms with Gasteiger partial charge < -0.3 is 20.1 Å². The van der Waals surface area contributed by atoms with Gasteiger partial charge in [0.05, 0.1) is 23.7 Å². The van der Waals surface area contributed by atoms with Crippen LogP contribution in [0, 0.1) is 6.92 Å². The number of methoxy groups -OCH3 is 1. The number of carbonyl (C=O) groups is 1. The highest BCUT2D eigenvalue weighted by atomic mass is 35.5. The molecule has 0 fully saturated rings. The second-order valence-electron chi connectivity index (χ2n) is 5.81. The number of esters is 1. The van der Waals surface area contributed by atoms with Gasteiger partial charge in [0.25, 0.3) is 0 Å². The second kappa shape index (κ2) is 9.40. The standard InChI is InChI=1S/C19H21ClN2O3S/c1-12-4-7-15(8-5-12)25-11-13(2)21-19(26)22-14-6-9-17(20)16(10-14)18(23)24-3/h4-10,13H,11H2,1-3H3,(H2,21,22,26)/t13-/m0/s1. The van der Waals surface area contributed by atoms with Crippen LogP contribution in [0.3, 0.4) is 0 Å². The Morgan fingerprint density at radius 3 is 2.58 bits per heavy atom. The van der Waals surface area contributed by atoms with Crippen molar-refractivity contribution in [3.05, 3.63) is 58.6 Å². The molecule has 2 N–H and O–H groups in total.